The Labute approximate surface area is 115 Å². The number of thioether (sulfide) groups is 1. The van der Waals surface area contributed by atoms with Gasteiger partial charge in [-0.2, -0.15) is 0 Å². The van der Waals surface area contributed by atoms with Gasteiger partial charge in [0, 0.05) is 18.0 Å². The molecular weight excluding hydrogens is 240 g/mol. The van der Waals surface area contributed by atoms with Crippen molar-refractivity contribution in [3.8, 4) is 0 Å². The fraction of sp³-hybridized carbons (Fsp3) is 0.600. The van der Waals surface area contributed by atoms with Crippen LogP contribution in [0.15, 0.2) is 29.2 Å². The van der Waals surface area contributed by atoms with Gasteiger partial charge in [-0.3, -0.25) is 0 Å². The molecule has 0 bridgehead atoms. The van der Waals surface area contributed by atoms with E-state index in [0.717, 1.165) is 25.4 Å². The molecule has 3 heteroatoms. The van der Waals surface area contributed by atoms with E-state index in [1.807, 2.05) is 11.8 Å². The van der Waals surface area contributed by atoms with Gasteiger partial charge < -0.3 is 10.6 Å². The molecule has 0 saturated heterocycles. The fourth-order valence-corrected chi connectivity index (χ4v) is 3.06. The van der Waals surface area contributed by atoms with Crippen LogP contribution < -0.4 is 5.73 Å². The molecule has 0 atom stereocenters. The SMILES string of the molecule is CCSc1ccc(CN(C)CC2(CN)CC2)cc1. The molecule has 0 spiro atoms. The molecule has 1 fully saturated rings. The van der Waals surface area contributed by atoms with Crippen LogP contribution >= 0.6 is 11.8 Å². The maximum absolute atomic E-state index is 5.83. The average molecular weight is 264 g/mol. The lowest BCUT2D eigenvalue weighted by Crippen LogP contribution is -2.31. The molecule has 0 radical (unpaired) electrons. The van der Waals surface area contributed by atoms with Gasteiger partial charge in [-0.05, 0) is 55.3 Å². The van der Waals surface area contributed by atoms with Crippen molar-refractivity contribution in [3.63, 3.8) is 0 Å². The first-order chi connectivity index (χ1) is 8.67. The minimum atomic E-state index is 0.437. The highest BCUT2D eigenvalue weighted by atomic mass is 32.2. The van der Waals surface area contributed by atoms with Crippen LogP contribution in [0.1, 0.15) is 25.3 Å². The first-order valence-corrected chi connectivity index (χ1v) is 7.76. The van der Waals surface area contributed by atoms with Crippen LogP contribution in [-0.4, -0.2) is 30.8 Å². The number of nitrogens with two attached hydrogens (primary N) is 1. The topological polar surface area (TPSA) is 29.3 Å². The Morgan fingerprint density at radius 3 is 2.44 bits per heavy atom. The van der Waals surface area contributed by atoms with Crippen LogP contribution in [-0.2, 0) is 6.54 Å². The second-order valence-electron chi connectivity index (χ2n) is 5.45. The lowest BCUT2D eigenvalue weighted by Gasteiger charge is -2.22. The molecule has 1 aromatic rings. The van der Waals surface area contributed by atoms with Gasteiger partial charge >= 0.3 is 0 Å². The van der Waals surface area contributed by atoms with Crippen molar-refractivity contribution in [2.24, 2.45) is 11.1 Å². The summed E-state index contributed by atoms with van der Waals surface area (Å²) >= 11 is 1.90. The van der Waals surface area contributed by atoms with E-state index in [-0.39, 0.29) is 0 Å². The predicted molar refractivity (Wildman–Crippen MR) is 79.9 cm³/mol. The highest BCUT2D eigenvalue weighted by Crippen LogP contribution is 2.45. The molecule has 1 aliphatic carbocycles. The summed E-state index contributed by atoms with van der Waals surface area (Å²) < 4.78 is 0. The van der Waals surface area contributed by atoms with Crippen molar-refractivity contribution in [1.29, 1.82) is 0 Å². The van der Waals surface area contributed by atoms with Gasteiger partial charge in [0.2, 0.25) is 0 Å². The Morgan fingerprint density at radius 1 is 1.28 bits per heavy atom. The minimum absolute atomic E-state index is 0.437. The van der Waals surface area contributed by atoms with Crippen LogP contribution in [0.4, 0.5) is 0 Å². The monoisotopic (exact) mass is 264 g/mol. The van der Waals surface area contributed by atoms with Gasteiger partial charge in [0.05, 0.1) is 0 Å². The zero-order valence-electron chi connectivity index (χ0n) is 11.5. The summed E-state index contributed by atoms with van der Waals surface area (Å²) in [6, 6.07) is 8.95. The van der Waals surface area contributed by atoms with Gasteiger partial charge in [-0.25, -0.2) is 0 Å². The summed E-state index contributed by atoms with van der Waals surface area (Å²) in [5.74, 6) is 1.14. The predicted octanol–water partition coefficient (Wildman–Crippen LogP) is 2.97. The van der Waals surface area contributed by atoms with E-state index in [9.17, 15) is 0 Å². The molecule has 2 N–H and O–H groups in total. The van der Waals surface area contributed by atoms with Crippen LogP contribution in [0.5, 0.6) is 0 Å². The van der Waals surface area contributed by atoms with Crippen molar-refractivity contribution in [1.82, 2.24) is 4.90 Å². The molecule has 1 saturated carbocycles. The van der Waals surface area contributed by atoms with Crippen LogP contribution in [0.3, 0.4) is 0 Å². The number of nitrogens with zero attached hydrogens (tertiary/aromatic N) is 1. The number of hydrogen-bond donors (Lipinski definition) is 1. The molecule has 2 rings (SSSR count). The van der Waals surface area contributed by atoms with Gasteiger partial charge in [-0.15, -0.1) is 11.8 Å². The van der Waals surface area contributed by atoms with Crippen LogP contribution in [0.2, 0.25) is 0 Å². The van der Waals surface area contributed by atoms with E-state index in [1.54, 1.807) is 0 Å². The smallest absolute Gasteiger partial charge is 0.0230 e. The van der Waals surface area contributed by atoms with Gasteiger partial charge in [0.15, 0.2) is 0 Å². The van der Waals surface area contributed by atoms with E-state index in [4.69, 9.17) is 5.73 Å². The third-order valence-corrected chi connectivity index (χ3v) is 4.58. The van der Waals surface area contributed by atoms with Crippen molar-refractivity contribution < 1.29 is 0 Å². The average Bonchev–Trinajstić information content (AvgIpc) is 3.12. The highest BCUT2D eigenvalue weighted by molar-refractivity contribution is 7.99. The van der Waals surface area contributed by atoms with E-state index in [1.165, 1.54) is 23.3 Å². The maximum Gasteiger partial charge on any atom is 0.0230 e. The summed E-state index contributed by atoms with van der Waals surface area (Å²) in [7, 11) is 2.20. The molecule has 100 valence electrons. The van der Waals surface area contributed by atoms with E-state index in [2.05, 4.69) is 43.1 Å². The Morgan fingerprint density at radius 2 is 1.94 bits per heavy atom. The summed E-state index contributed by atoms with van der Waals surface area (Å²) in [5.41, 5.74) is 7.67. The highest BCUT2D eigenvalue weighted by Gasteiger charge is 2.41. The van der Waals surface area contributed by atoms with Gasteiger partial charge in [0.25, 0.3) is 0 Å². The summed E-state index contributed by atoms with van der Waals surface area (Å²) in [4.78, 5) is 3.77. The molecule has 0 unspecified atom stereocenters. The second kappa shape index (κ2) is 6.09. The Balaban J connectivity index is 1.85. The normalized spacial score (nSPS) is 17.1. The first kappa shape index (κ1) is 13.9. The zero-order valence-corrected chi connectivity index (χ0v) is 12.3. The molecule has 18 heavy (non-hydrogen) atoms. The number of hydrogen-bond acceptors (Lipinski definition) is 3. The van der Waals surface area contributed by atoms with Crippen molar-refractivity contribution in [2.45, 2.75) is 31.2 Å². The lowest BCUT2D eigenvalue weighted by atomic mass is 10.1. The molecular formula is C15H24N2S. The van der Waals surface area contributed by atoms with Crippen molar-refractivity contribution in [3.05, 3.63) is 29.8 Å². The summed E-state index contributed by atoms with van der Waals surface area (Å²) in [5, 5.41) is 0. The molecule has 0 aromatic heterocycles. The summed E-state index contributed by atoms with van der Waals surface area (Å²) in [6.07, 6.45) is 2.61. The molecule has 0 aliphatic heterocycles. The zero-order chi connectivity index (χ0) is 13.0. The standard InChI is InChI=1S/C15H24N2S/c1-3-18-14-6-4-13(5-7-14)10-17(2)12-15(11-16)8-9-15/h4-7H,3,8-12,16H2,1-2H3. The van der Waals surface area contributed by atoms with E-state index >= 15 is 0 Å². The van der Waals surface area contributed by atoms with Crippen molar-refractivity contribution in [2.75, 3.05) is 25.9 Å². The van der Waals surface area contributed by atoms with E-state index in [0.29, 0.717) is 5.41 Å². The second-order valence-corrected chi connectivity index (χ2v) is 6.79. The largest absolute Gasteiger partial charge is 0.330 e. The fourth-order valence-electron chi connectivity index (χ4n) is 2.40. The minimum Gasteiger partial charge on any atom is -0.330 e. The number of benzene rings is 1. The lowest BCUT2D eigenvalue weighted by molar-refractivity contribution is 0.259. The van der Waals surface area contributed by atoms with Crippen molar-refractivity contribution >= 4 is 11.8 Å². The van der Waals surface area contributed by atoms with Crippen LogP contribution in [0, 0.1) is 5.41 Å². The Hall–Kier alpha value is -0.510. The third-order valence-electron chi connectivity index (χ3n) is 3.68. The van der Waals surface area contributed by atoms with E-state index < -0.39 is 0 Å². The third kappa shape index (κ3) is 3.74. The quantitative estimate of drug-likeness (QED) is 0.768. The molecule has 0 amide bonds. The maximum atomic E-state index is 5.83. The van der Waals surface area contributed by atoms with Gasteiger partial charge in [-0.1, -0.05) is 19.1 Å². The van der Waals surface area contributed by atoms with Crippen LogP contribution in [0.25, 0.3) is 0 Å². The Kier molecular flexibility index (Phi) is 4.71. The van der Waals surface area contributed by atoms with Gasteiger partial charge in [0.1, 0.15) is 0 Å². The Bertz CT molecular complexity index is 371. The molecule has 2 nitrogen and oxygen atoms in total. The number of rotatable bonds is 7. The molecule has 0 heterocycles. The first-order valence-electron chi connectivity index (χ1n) is 6.78. The molecule has 1 aliphatic rings. The summed E-state index contributed by atoms with van der Waals surface area (Å²) in [6.45, 7) is 5.19. The molecule has 1 aromatic carbocycles.